The monoisotopic (exact) mass is 192 g/mol. The highest BCUT2D eigenvalue weighted by Crippen LogP contribution is 2.11. The molecule has 0 aliphatic rings. The number of rotatable bonds is 6. The van der Waals surface area contributed by atoms with Crippen LogP contribution in [0.25, 0.3) is 0 Å². The van der Waals surface area contributed by atoms with E-state index in [9.17, 15) is 9.90 Å². The Morgan fingerprint density at radius 1 is 1.58 bits per heavy atom. The number of hydrogen-bond acceptors (Lipinski definition) is 3. The van der Waals surface area contributed by atoms with Gasteiger partial charge in [0.1, 0.15) is 0 Å². The van der Waals surface area contributed by atoms with E-state index < -0.39 is 18.0 Å². The number of aliphatic carboxylic acids is 1. The molecule has 2 atom stereocenters. The van der Waals surface area contributed by atoms with E-state index in [1.54, 1.807) is 11.8 Å². The quantitative estimate of drug-likeness (QED) is 0.621. The van der Waals surface area contributed by atoms with Crippen LogP contribution in [0, 0.1) is 5.92 Å². The van der Waals surface area contributed by atoms with Crippen LogP contribution in [0.4, 0.5) is 0 Å². The van der Waals surface area contributed by atoms with Gasteiger partial charge in [-0.05, 0) is 24.9 Å². The maximum absolute atomic E-state index is 10.4. The molecule has 2 N–H and O–H groups in total. The second-order valence-corrected chi connectivity index (χ2v) is 4.07. The summed E-state index contributed by atoms with van der Waals surface area (Å²) in [5, 5.41) is 17.9. The standard InChI is InChI=1S/C8H16O3S/c1-3-12-5-4-7(9)6(2)8(10)11/h6-7,9H,3-5H2,1-2H3,(H,10,11). The molecule has 0 aromatic carbocycles. The number of carboxylic acid groups (broad SMARTS) is 1. The van der Waals surface area contributed by atoms with Crippen LogP contribution in [-0.2, 0) is 4.79 Å². The molecular weight excluding hydrogens is 176 g/mol. The fraction of sp³-hybridized carbons (Fsp3) is 0.875. The maximum atomic E-state index is 10.4. The molecule has 0 amide bonds. The van der Waals surface area contributed by atoms with Crippen LogP contribution >= 0.6 is 11.8 Å². The molecule has 0 aliphatic heterocycles. The molecule has 0 radical (unpaired) electrons. The molecular formula is C8H16O3S. The van der Waals surface area contributed by atoms with Crippen molar-refractivity contribution in [1.29, 1.82) is 0 Å². The van der Waals surface area contributed by atoms with Crippen molar-refractivity contribution in [2.75, 3.05) is 11.5 Å². The molecule has 0 saturated carbocycles. The molecule has 0 saturated heterocycles. The molecule has 0 heterocycles. The number of aliphatic hydroxyl groups is 1. The van der Waals surface area contributed by atoms with E-state index in [0.717, 1.165) is 11.5 Å². The van der Waals surface area contributed by atoms with Gasteiger partial charge in [0.2, 0.25) is 0 Å². The predicted octanol–water partition coefficient (Wildman–Crippen LogP) is 1.21. The first-order chi connectivity index (χ1) is 5.59. The van der Waals surface area contributed by atoms with Crippen molar-refractivity contribution in [1.82, 2.24) is 0 Å². The Kier molecular flexibility index (Phi) is 6.20. The maximum Gasteiger partial charge on any atom is 0.308 e. The van der Waals surface area contributed by atoms with Crippen LogP contribution < -0.4 is 0 Å². The van der Waals surface area contributed by atoms with Gasteiger partial charge in [0.05, 0.1) is 12.0 Å². The molecule has 2 unspecified atom stereocenters. The topological polar surface area (TPSA) is 57.5 Å². The Morgan fingerprint density at radius 3 is 2.58 bits per heavy atom. The Bertz CT molecular complexity index is 138. The summed E-state index contributed by atoms with van der Waals surface area (Å²) in [6.07, 6.45) is -0.145. The first-order valence-corrected chi connectivity index (χ1v) is 5.23. The van der Waals surface area contributed by atoms with E-state index in [0.29, 0.717) is 6.42 Å². The van der Waals surface area contributed by atoms with E-state index in [-0.39, 0.29) is 0 Å². The zero-order chi connectivity index (χ0) is 9.56. The van der Waals surface area contributed by atoms with Crippen molar-refractivity contribution in [3.63, 3.8) is 0 Å². The molecule has 0 aromatic rings. The number of hydrogen-bond donors (Lipinski definition) is 2. The SMILES string of the molecule is CCSCCC(O)C(C)C(=O)O. The second-order valence-electron chi connectivity index (χ2n) is 2.68. The Labute approximate surface area is 77.2 Å². The summed E-state index contributed by atoms with van der Waals surface area (Å²) >= 11 is 1.71. The van der Waals surface area contributed by atoms with Gasteiger partial charge in [-0.2, -0.15) is 11.8 Å². The Morgan fingerprint density at radius 2 is 2.17 bits per heavy atom. The van der Waals surface area contributed by atoms with Gasteiger partial charge in [-0.15, -0.1) is 0 Å². The second kappa shape index (κ2) is 6.31. The van der Waals surface area contributed by atoms with Crippen molar-refractivity contribution >= 4 is 17.7 Å². The summed E-state index contributed by atoms with van der Waals surface area (Å²) in [6.45, 7) is 3.57. The summed E-state index contributed by atoms with van der Waals surface area (Å²) in [5.41, 5.74) is 0. The third-order valence-corrected chi connectivity index (χ3v) is 2.66. The lowest BCUT2D eigenvalue weighted by Gasteiger charge is -2.13. The normalized spacial score (nSPS) is 15.6. The van der Waals surface area contributed by atoms with Crippen LogP contribution in [0.1, 0.15) is 20.3 Å². The summed E-state index contributed by atoms with van der Waals surface area (Å²) in [6, 6.07) is 0. The van der Waals surface area contributed by atoms with Crippen molar-refractivity contribution in [2.45, 2.75) is 26.4 Å². The van der Waals surface area contributed by atoms with Gasteiger partial charge in [0, 0.05) is 0 Å². The highest BCUT2D eigenvalue weighted by atomic mass is 32.2. The van der Waals surface area contributed by atoms with Gasteiger partial charge in [-0.1, -0.05) is 6.92 Å². The predicted molar refractivity (Wildman–Crippen MR) is 50.4 cm³/mol. The van der Waals surface area contributed by atoms with Crippen LogP contribution in [0.15, 0.2) is 0 Å². The number of aliphatic hydroxyl groups excluding tert-OH is 1. The zero-order valence-electron chi connectivity index (χ0n) is 7.49. The van der Waals surface area contributed by atoms with Crippen LogP contribution in [-0.4, -0.2) is 33.8 Å². The lowest BCUT2D eigenvalue weighted by Crippen LogP contribution is -2.25. The van der Waals surface area contributed by atoms with Crippen molar-refractivity contribution in [3.8, 4) is 0 Å². The van der Waals surface area contributed by atoms with E-state index in [1.165, 1.54) is 6.92 Å². The van der Waals surface area contributed by atoms with Gasteiger partial charge in [-0.25, -0.2) is 0 Å². The Balaban J connectivity index is 3.56. The number of thioether (sulfide) groups is 1. The van der Waals surface area contributed by atoms with Crippen LogP contribution in [0.3, 0.4) is 0 Å². The average molecular weight is 192 g/mol. The average Bonchev–Trinajstić information content (AvgIpc) is 2.03. The zero-order valence-corrected chi connectivity index (χ0v) is 8.30. The van der Waals surface area contributed by atoms with E-state index >= 15 is 0 Å². The molecule has 0 bridgehead atoms. The fourth-order valence-electron chi connectivity index (χ4n) is 0.763. The lowest BCUT2D eigenvalue weighted by atomic mass is 10.0. The molecule has 12 heavy (non-hydrogen) atoms. The minimum absolute atomic E-state index is 0.561. The first kappa shape index (κ1) is 11.8. The van der Waals surface area contributed by atoms with Gasteiger partial charge < -0.3 is 10.2 Å². The molecule has 0 aromatic heterocycles. The molecule has 72 valence electrons. The minimum Gasteiger partial charge on any atom is -0.481 e. The molecule has 0 aliphatic carbocycles. The third kappa shape index (κ3) is 4.62. The van der Waals surface area contributed by atoms with Crippen molar-refractivity contribution < 1.29 is 15.0 Å². The largest absolute Gasteiger partial charge is 0.481 e. The Hall–Kier alpha value is -0.220. The van der Waals surface area contributed by atoms with Gasteiger partial charge in [0.25, 0.3) is 0 Å². The van der Waals surface area contributed by atoms with E-state index in [4.69, 9.17) is 5.11 Å². The number of carboxylic acids is 1. The lowest BCUT2D eigenvalue weighted by molar-refractivity contribution is -0.144. The fourth-order valence-corrected chi connectivity index (χ4v) is 1.46. The van der Waals surface area contributed by atoms with E-state index in [1.807, 2.05) is 6.92 Å². The summed E-state index contributed by atoms with van der Waals surface area (Å²) in [4.78, 5) is 10.4. The van der Waals surface area contributed by atoms with Crippen LogP contribution in [0.2, 0.25) is 0 Å². The smallest absolute Gasteiger partial charge is 0.308 e. The molecule has 0 fully saturated rings. The molecule has 3 nitrogen and oxygen atoms in total. The van der Waals surface area contributed by atoms with Gasteiger partial charge in [-0.3, -0.25) is 4.79 Å². The number of carbonyl (C=O) groups is 1. The van der Waals surface area contributed by atoms with Crippen LogP contribution in [0.5, 0.6) is 0 Å². The third-order valence-electron chi connectivity index (χ3n) is 1.73. The van der Waals surface area contributed by atoms with Crippen molar-refractivity contribution in [3.05, 3.63) is 0 Å². The highest BCUT2D eigenvalue weighted by Gasteiger charge is 2.20. The molecule has 4 heteroatoms. The van der Waals surface area contributed by atoms with Gasteiger partial charge in [0.15, 0.2) is 0 Å². The summed E-state index contributed by atoms with van der Waals surface area (Å²) in [7, 11) is 0. The summed E-state index contributed by atoms with van der Waals surface area (Å²) in [5.74, 6) is 0.259. The first-order valence-electron chi connectivity index (χ1n) is 4.08. The molecule has 0 rings (SSSR count). The minimum atomic E-state index is -0.927. The van der Waals surface area contributed by atoms with E-state index in [2.05, 4.69) is 0 Å². The van der Waals surface area contributed by atoms with Gasteiger partial charge >= 0.3 is 5.97 Å². The van der Waals surface area contributed by atoms with Crippen molar-refractivity contribution in [2.24, 2.45) is 5.92 Å². The highest BCUT2D eigenvalue weighted by molar-refractivity contribution is 7.99. The molecule has 0 spiro atoms. The summed E-state index contributed by atoms with van der Waals surface area (Å²) < 4.78 is 0.